The molecule has 0 aromatic carbocycles. The van der Waals surface area contributed by atoms with Gasteiger partial charge in [-0.15, -0.1) is 0 Å². The van der Waals surface area contributed by atoms with Crippen LogP contribution in [0, 0.1) is 12.8 Å². The van der Waals surface area contributed by atoms with Crippen LogP contribution in [0.4, 0.5) is 5.95 Å². The Bertz CT molecular complexity index is 408. The van der Waals surface area contributed by atoms with E-state index in [0.717, 1.165) is 24.1 Å². The summed E-state index contributed by atoms with van der Waals surface area (Å²) in [6, 6.07) is 2.33. The van der Waals surface area contributed by atoms with Gasteiger partial charge in [0.2, 0.25) is 5.95 Å². The summed E-state index contributed by atoms with van der Waals surface area (Å²) in [7, 11) is 0. The molecule has 1 aromatic rings. The molecule has 0 saturated carbocycles. The summed E-state index contributed by atoms with van der Waals surface area (Å²) in [5, 5.41) is 9.24. The third-order valence-corrected chi connectivity index (χ3v) is 3.87. The summed E-state index contributed by atoms with van der Waals surface area (Å²) in [5.74, 6) is 1.52. The molecule has 1 N–H and O–H groups in total. The van der Waals surface area contributed by atoms with Crippen molar-refractivity contribution in [3.63, 3.8) is 0 Å². The molecule has 0 amide bonds. The zero-order valence-corrected chi connectivity index (χ0v) is 11.6. The van der Waals surface area contributed by atoms with Crippen LogP contribution in [0.2, 0.25) is 0 Å². The first-order valence-electron chi connectivity index (χ1n) is 6.86. The van der Waals surface area contributed by atoms with Crippen molar-refractivity contribution in [1.29, 1.82) is 0 Å². The number of aliphatic hydroxyl groups excluding tert-OH is 1. The molecule has 18 heavy (non-hydrogen) atoms. The van der Waals surface area contributed by atoms with Crippen molar-refractivity contribution in [2.24, 2.45) is 5.92 Å². The van der Waals surface area contributed by atoms with Gasteiger partial charge < -0.3 is 10.0 Å². The number of aryl methyl sites for hydroxylation is 1. The van der Waals surface area contributed by atoms with Crippen molar-refractivity contribution in [1.82, 2.24) is 9.97 Å². The molecule has 0 spiro atoms. The number of rotatable bonds is 3. The highest BCUT2D eigenvalue weighted by Crippen LogP contribution is 2.27. The average Bonchev–Trinajstić information content (AvgIpc) is 2.38. The summed E-state index contributed by atoms with van der Waals surface area (Å²) in [4.78, 5) is 11.3. The van der Waals surface area contributed by atoms with Crippen molar-refractivity contribution in [2.45, 2.75) is 52.7 Å². The smallest absolute Gasteiger partial charge is 0.226 e. The van der Waals surface area contributed by atoms with E-state index in [1.54, 1.807) is 0 Å². The van der Waals surface area contributed by atoms with Crippen LogP contribution in [-0.4, -0.2) is 27.7 Å². The molecule has 4 heteroatoms. The van der Waals surface area contributed by atoms with Crippen molar-refractivity contribution in [3.8, 4) is 0 Å². The lowest BCUT2D eigenvalue weighted by atomic mass is 9.92. The molecule has 1 fully saturated rings. The van der Waals surface area contributed by atoms with E-state index < -0.39 is 0 Å². The molecular formula is C14H23N3O. The van der Waals surface area contributed by atoms with Crippen LogP contribution >= 0.6 is 0 Å². The first-order valence-corrected chi connectivity index (χ1v) is 6.86. The molecule has 1 saturated heterocycles. The predicted molar refractivity (Wildman–Crippen MR) is 72.5 cm³/mol. The summed E-state index contributed by atoms with van der Waals surface area (Å²) in [5.41, 5.74) is 1.64. The van der Waals surface area contributed by atoms with E-state index >= 15 is 0 Å². The van der Waals surface area contributed by atoms with Crippen molar-refractivity contribution in [3.05, 3.63) is 17.5 Å². The van der Waals surface area contributed by atoms with E-state index in [1.165, 1.54) is 19.3 Å². The fraction of sp³-hybridized carbons (Fsp3) is 0.714. The largest absolute Gasteiger partial charge is 0.390 e. The number of hydrogen-bond acceptors (Lipinski definition) is 4. The Kier molecular flexibility index (Phi) is 4.17. The Morgan fingerprint density at radius 2 is 2.17 bits per heavy atom. The van der Waals surface area contributed by atoms with E-state index in [2.05, 4.69) is 28.7 Å². The highest BCUT2D eigenvalue weighted by molar-refractivity contribution is 5.34. The van der Waals surface area contributed by atoms with Gasteiger partial charge in [-0.1, -0.05) is 13.3 Å². The maximum absolute atomic E-state index is 9.24. The van der Waals surface area contributed by atoms with Crippen molar-refractivity contribution in [2.75, 3.05) is 11.4 Å². The van der Waals surface area contributed by atoms with Crippen LogP contribution in [0.3, 0.4) is 0 Å². The minimum absolute atomic E-state index is 0.0181. The number of nitrogens with zero attached hydrogens (tertiary/aromatic N) is 3. The van der Waals surface area contributed by atoms with E-state index in [1.807, 2.05) is 13.0 Å². The molecule has 1 aliphatic heterocycles. The van der Waals surface area contributed by atoms with Crippen LogP contribution < -0.4 is 4.90 Å². The van der Waals surface area contributed by atoms with E-state index in [-0.39, 0.29) is 6.61 Å². The molecule has 2 atom stereocenters. The van der Waals surface area contributed by atoms with Crippen LogP contribution in [0.15, 0.2) is 6.07 Å². The molecular weight excluding hydrogens is 226 g/mol. The fourth-order valence-corrected chi connectivity index (χ4v) is 2.62. The summed E-state index contributed by atoms with van der Waals surface area (Å²) >= 11 is 0. The third kappa shape index (κ3) is 2.80. The maximum atomic E-state index is 9.24. The summed E-state index contributed by atoms with van der Waals surface area (Å²) in [6.45, 7) is 7.45. The maximum Gasteiger partial charge on any atom is 0.226 e. The van der Waals surface area contributed by atoms with Gasteiger partial charge in [0, 0.05) is 18.3 Å². The molecule has 4 nitrogen and oxygen atoms in total. The molecule has 0 bridgehead atoms. The quantitative estimate of drug-likeness (QED) is 0.893. The molecule has 0 radical (unpaired) electrons. The van der Waals surface area contributed by atoms with Crippen LogP contribution in [0.5, 0.6) is 0 Å². The Hall–Kier alpha value is -1.16. The van der Waals surface area contributed by atoms with Gasteiger partial charge in [0.15, 0.2) is 0 Å². The second-order valence-electron chi connectivity index (χ2n) is 5.31. The van der Waals surface area contributed by atoms with Gasteiger partial charge >= 0.3 is 0 Å². The molecule has 1 aromatic heterocycles. The topological polar surface area (TPSA) is 49.2 Å². The zero-order chi connectivity index (χ0) is 13.1. The minimum atomic E-state index is -0.0181. The lowest BCUT2D eigenvalue weighted by molar-refractivity contribution is 0.276. The Labute approximate surface area is 109 Å². The first-order chi connectivity index (χ1) is 8.63. The Morgan fingerprint density at radius 1 is 1.39 bits per heavy atom. The molecule has 2 rings (SSSR count). The Balaban J connectivity index is 2.25. The van der Waals surface area contributed by atoms with E-state index in [0.29, 0.717) is 11.7 Å². The predicted octanol–water partition coefficient (Wildman–Crippen LogP) is 2.29. The zero-order valence-electron chi connectivity index (χ0n) is 11.6. The number of piperidine rings is 1. The number of anilines is 1. The summed E-state index contributed by atoms with van der Waals surface area (Å²) in [6.07, 6.45) is 3.71. The third-order valence-electron chi connectivity index (χ3n) is 3.87. The molecule has 1 aliphatic rings. The van der Waals surface area contributed by atoms with Crippen LogP contribution in [0.1, 0.15) is 44.5 Å². The highest BCUT2D eigenvalue weighted by Gasteiger charge is 2.26. The standard InChI is InChI=1S/C14H23N3O/c1-4-12-6-5-11(3)17(8-12)14-15-10(2)7-13(9-18)16-14/h7,11-12,18H,4-6,8-9H2,1-3H3. The lowest BCUT2D eigenvalue weighted by Gasteiger charge is -2.38. The fourth-order valence-electron chi connectivity index (χ4n) is 2.62. The van der Waals surface area contributed by atoms with Gasteiger partial charge in [-0.05, 0) is 38.7 Å². The second kappa shape index (κ2) is 5.65. The second-order valence-corrected chi connectivity index (χ2v) is 5.31. The molecule has 2 unspecified atom stereocenters. The van der Waals surface area contributed by atoms with Crippen LogP contribution in [0.25, 0.3) is 0 Å². The monoisotopic (exact) mass is 249 g/mol. The first kappa shape index (κ1) is 13.3. The van der Waals surface area contributed by atoms with E-state index in [4.69, 9.17) is 0 Å². The number of hydrogen-bond donors (Lipinski definition) is 1. The molecule has 100 valence electrons. The van der Waals surface area contributed by atoms with Gasteiger partial charge in [0.05, 0.1) is 12.3 Å². The minimum Gasteiger partial charge on any atom is -0.390 e. The normalized spacial score (nSPS) is 24.3. The van der Waals surface area contributed by atoms with Crippen LogP contribution in [-0.2, 0) is 6.61 Å². The SMILES string of the molecule is CCC1CCC(C)N(c2nc(C)cc(CO)n2)C1. The van der Waals surface area contributed by atoms with Gasteiger partial charge in [-0.3, -0.25) is 0 Å². The Morgan fingerprint density at radius 3 is 2.83 bits per heavy atom. The van der Waals surface area contributed by atoms with Crippen molar-refractivity contribution >= 4 is 5.95 Å². The summed E-state index contributed by atoms with van der Waals surface area (Å²) < 4.78 is 0. The van der Waals surface area contributed by atoms with Gasteiger partial charge in [0.25, 0.3) is 0 Å². The number of aromatic nitrogens is 2. The number of aliphatic hydroxyl groups is 1. The lowest BCUT2D eigenvalue weighted by Crippen LogP contribution is -2.42. The highest BCUT2D eigenvalue weighted by atomic mass is 16.3. The molecule has 0 aliphatic carbocycles. The average molecular weight is 249 g/mol. The molecule has 2 heterocycles. The van der Waals surface area contributed by atoms with Gasteiger partial charge in [0.1, 0.15) is 0 Å². The van der Waals surface area contributed by atoms with Crippen molar-refractivity contribution < 1.29 is 5.11 Å². The van der Waals surface area contributed by atoms with E-state index in [9.17, 15) is 5.11 Å². The van der Waals surface area contributed by atoms with Gasteiger partial charge in [-0.25, -0.2) is 9.97 Å². The van der Waals surface area contributed by atoms with Gasteiger partial charge in [-0.2, -0.15) is 0 Å².